The van der Waals surface area contributed by atoms with Crippen LogP contribution >= 0.6 is 24.8 Å². The molecular formula is C5H7NOS2. The van der Waals surface area contributed by atoms with E-state index in [1.165, 1.54) is 0 Å². The van der Waals surface area contributed by atoms with Crippen molar-refractivity contribution in [1.29, 1.82) is 0 Å². The van der Waals surface area contributed by atoms with Crippen molar-refractivity contribution >= 4 is 29.2 Å². The molecule has 4 heteroatoms. The van der Waals surface area contributed by atoms with Gasteiger partial charge < -0.3 is 4.84 Å². The molecule has 0 saturated carbocycles. The molecule has 50 valence electrons. The molecule has 0 aliphatic carbocycles. The van der Waals surface area contributed by atoms with Gasteiger partial charge in [0.05, 0.1) is 6.54 Å². The summed E-state index contributed by atoms with van der Waals surface area (Å²) in [4.78, 5) is 4.95. The lowest BCUT2D eigenvalue weighted by atomic mass is 10.5. The Kier molecular flexibility index (Phi) is 2.36. The average molecular weight is 161 g/mol. The molecule has 0 spiro atoms. The fourth-order valence-corrected chi connectivity index (χ4v) is 0.845. The minimum Gasteiger partial charge on any atom is -0.361 e. The molecule has 1 heterocycles. The highest BCUT2D eigenvalue weighted by molar-refractivity contribution is 8.10. The van der Waals surface area contributed by atoms with E-state index >= 15 is 0 Å². The molecule has 0 fully saturated rings. The lowest BCUT2D eigenvalue weighted by Crippen LogP contribution is -2.15. The average Bonchev–Trinajstić information content (AvgIpc) is 2.15. The Bertz CT molecular complexity index is 146. The molecule has 2 nitrogen and oxygen atoms in total. The van der Waals surface area contributed by atoms with Crippen molar-refractivity contribution in [1.82, 2.24) is 5.06 Å². The molecule has 0 unspecified atom stereocenters. The highest BCUT2D eigenvalue weighted by Crippen LogP contribution is 2.05. The second-order valence-corrected chi connectivity index (χ2v) is 2.75. The van der Waals surface area contributed by atoms with Crippen LogP contribution < -0.4 is 0 Å². The van der Waals surface area contributed by atoms with Gasteiger partial charge in [0.2, 0.25) is 4.38 Å². The van der Waals surface area contributed by atoms with Crippen molar-refractivity contribution in [3.05, 3.63) is 12.3 Å². The van der Waals surface area contributed by atoms with Crippen molar-refractivity contribution in [2.45, 2.75) is 6.42 Å². The molecule has 0 bridgehead atoms. The van der Waals surface area contributed by atoms with E-state index in [-0.39, 0.29) is 4.38 Å². The minimum absolute atomic E-state index is 0.265. The summed E-state index contributed by atoms with van der Waals surface area (Å²) in [7, 11) is 0. The van der Waals surface area contributed by atoms with Crippen LogP contribution in [0.15, 0.2) is 12.3 Å². The third-order valence-corrected chi connectivity index (χ3v) is 1.14. The highest BCUT2D eigenvalue weighted by atomic mass is 32.1. The first-order valence-corrected chi connectivity index (χ1v) is 3.49. The molecule has 9 heavy (non-hydrogen) atoms. The summed E-state index contributed by atoms with van der Waals surface area (Å²) in [6, 6.07) is 0. The maximum atomic E-state index is 4.95. The summed E-state index contributed by atoms with van der Waals surface area (Å²) in [5, 5.41) is 1.66. The monoisotopic (exact) mass is 161 g/mol. The van der Waals surface area contributed by atoms with E-state index in [9.17, 15) is 0 Å². The van der Waals surface area contributed by atoms with Gasteiger partial charge >= 0.3 is 0 Å². The quantitative estimate of drug-likeness (QED) is 0.461. The Morgan fingerprint density at radius 2 is 2.56 bits per heavy atom. The fraction of sp³-hybridized carbons (Fsp3) is 0.400. The SMILES string of the molecule is S=C(S)ON1C=CCC1. The van der Waals surface area contributed by atoms with Crippen molar-refractivity contribution in [3.63, 3.8) is 0 Å². The van der Waals surface area contributed by atoms with E-state index < -0.39 is 0 Å². The Balaban J connectivity index is 2.28. The summed E-state index contributed by atoms with van der Waals surface area (Å²) in [5.74, 6) is 0. The molecule has 0 N–H and O–H groups in total. The van der Waals surface area contributed by atoms with Gasteiger partial charge in [0.25, 0.3) is 0 Å². The van der Waals surface area contributed by atoms with Crippen molar-refractivity contribution in [2.24, 2.45) is 0 Å². The van der Waals surface area contributed by atoms with Gasteiger partial charge in [-0.1, -0.05) is 18.7 Å². The van der Waals surface area contributed by atoms with Crippen molar-refractivity contribution in [2.75, 3.05) is 6.54 Å². The molecule has 0 aromatic heterocycles. The standard InChI is InChI=1S/C5H7NOS2/c8-5(9)7-6-3-1-2-4-6/h1,3H,2,4H2,(H,8,9). The second kappa shape index (κ2) is 3.08. The number of thiol groups is 1. The first kappa shape index (κ1) is 6.89. The third-order valence-electron chi connectivity index (χ3n) is 0.983. The zero-order chi connectivity index (χ0) is 6.69. The van der Waals surface area contributed by atoms with Gasteiger partial charge in [-0.25, -0.2) is 5.06 Å². The van der Waals surface area contributed by atoms with Crippen molar-refractivity contribution in [3.8, 4) is 0 Å². The summed E-state index contributed by atoms with van der Waals surface area (Å²) < 4.78 is 0.265. The maximum absolute atomic E-state index is 4.95. The maximum Gasteiger partial charge on any atom is 0.249 e. The van der Waals surface area contributed by atoms with Crippen LogP contribution in [0.5, 0.6) is 0 Å². The molecule has 1 rings (SSSR count). The van der Waals surface area contributed by atoms with Crippen LogP contribution in [0, 0.1) is 0 Å². The number of nitrogens with zero attached hydrogens (tertiary/aromatic N) is 1. The largest absolute Gasteiger partial charge is 0.361 e. The Morgan fingerprint density at radius 1 is 1.78 bits per heavy atom. The predicted octanol–water partition coefficient (Wildman–Crippen LogP) is 1.35. The Morgan fingerprint density at radius 3 is 3.00 bits per heavy atom. The van der Waals surface area contributed by atoms with Crippen LogP contribution in [0.2, 0.25) is 0 Å². The molecule has 0 atom stereocenters. The van der Waals surface area contributed by atoms with Gasteiger partial charge in [-0.15, -0.1) is 0 Å². The van der Waals surface area contributed by atoms with E-state index in [0.29, 0.717) is 0 Å². The van der Waals surface area contributed by atoms with E-state index in [0.717, 1.165) is 13.0 Å². The molecule has 0 amide bonds. The van der Waals surface area contributed by atoms with Crippen LogP contribution in [0.4, 0.5) is 0 Å². The van der Waals surface area contributed by atoms with Gasteiger partial charge in [0.1, 0.15) is 0 Å². The van der Waals surface area contributed by atoms with Crippen LogP contribution in [0.3, 0.4) is 0 Å². The molecule has 0 saturated heterocycles. The number of thiocarbonyl (C=S) groups is 1. The smallest absolute Gasteiger partial charge is 0.249 e. The minimum atomic E-state index is 0.265. The van der Waals surface area contributed by atoms with E-state index in [1.807, 2.05) is 12.3 Å². The summed E-state index contributed by atoms with van der Waals surface area (Å²) in [5.41, 5.74) is 0. The van der Waals surface area contributed by atoms with Crippen LogP contribution in [-0.2, 0) is 4.84 Å². The van der Waals surface area contributed by atoms with Crippen LogP contribution in [-0.4, -0.2) is 16.0 Å². The predicted molar refractivity (Wildman–Crippen MR) is 43.1 cm³/mol. The van der Waals surface area contributed by atoms with Crippen LogP contribution in [0.25, 0.3) is 0 Å². The van der Waals surface area contributed by atoms with Gasteiger partial charge in [0.15, 0.2) is 0 Å². The number of hydrogen-bond acceptors (Lipinski definition) is 3. The summed E-state index contributed by atoms with van der Waals surface area (Å²) in [6.45, 7) is 0.876. The zero-order valence-electron chi connectivity index (χ0n) is 4.78. The zero-order valence-corrected chi connectivity index (χ0v) is 6.49. The molecule has 0 radical (unpaired) electrons. The van der Waals surface area contributed by atoms with E-state index in [2.05, 4.69) is 24.8 Å². The summed E-state index contributed by atoms with van der Waals surface area (Å²) in [6.07, 6.45) is 4.89. The highest BCUT2D eigenvalue weighted by Gasteiger charge is 2.04. The third kappa shape index (κ3) is 2.24. The number of hydrogen-bond donors (Lipinski definition) is 1. The van der Waals surface area contributed by atoms with E-state index in [4.69, 9.17) is 4.84 Å². The molecular weight excluding hydrogens is 154 g/mol. The normalized spacial score (nSPS) is 16.3. The second-order valence-electron chi connectivity index (χ2n) is 1.67. The molecule has 1 aliphatic rings. The summed E-state index contributed by atoms with van der Waals surface area (Å²) >= 11 is 8.41. The Labute approximate surface area is 64.8 Å². The van der Waals surface area contributed by atoms with Gasteiger partial charge in [-0.05, 0) is 18.6 Å². The first-order valence-electron chi connectivity index (χ1n) is 2.63. The lowest BCUT2D eigenvalue weighted by Gasteiger charge is -2.13. The van der Waals surface area contributed by atoms with E-state index in [1.54, 1.807) is 5.06 Å². The molecule has 0 aromatic rings. The molecule has 0 aromatic carbocycles. The van der Waals surface area contributed by atoms with Gasteiger partial charge in [-0.2, -0.15) is 0 Å². The number of hydroxylamine groups is 2. The van der Waals surface area contributed by atoms with Gasteiger partial charge in [-0.3, -0.25) is 0 Å². The van der Waals surface area contributed by atoms with Gasteiger partial charge in [0, 0.05) is 6.20 Å². The fourth-order valence-electron chi connectivity index (χ4n) is 0.645. The van der Waals surface area contributed by atoms with Crippen LogP contribution in [0.1, 0.15) is 6.42 Å². The topological polar surface area (TPSA) is 12.5 Å². The first-order chi connectivity index (χ1) is 4.29. The lowest BCUT2D eigenvalue weighted by molar-refractivity contribution is -0.00343. The molecule has 1 aliphatic heterocycles. The number of rotatable bonds is 1. The van der Waals surface area contributed by atoms with Crippen molar-refractivity contribution < 1.29 is 4.84 Å². The Hall–Kier alpha value is -0.220.